The Morgan fingerprint density at radius 2 is 2.06 bits per heavy atom. The van der Waals surface area contributed by atoms with Crippen LogP contribution in [0.15, 0.2) is 33.6 Å². The standard InChI is InChI=1S/C11H16BrNO2S2/c1-17(14,15)7-6-9(13)8-16-11-5-3-2-4-10(11)12/h2-5,9H,6-8,13H2,1H3. The molecule has 17 heavy (non-hydrogen) atoms. The van der Waals surface area contributed by atoms with E-state index in [0.717, 1.165) is 15.1 Å². The van der Waals surface area contributed by atoms with Gasteiger partial charge in [0.15, 0.2) is 0 Å². The van der Waals surface area contributed by atoms with Crippen molar-refractivity contribution in [2.24, 2.45) is 5.73 Å². The van der Waals surface area contributed by atoms with Gasteiger partial charge in [0.25, 0.3) is 0 Å². The predicted molar refractivity (Wildman–Crippen MR) is 77.2 cm³/mol. The van der Waals surface area contributed by atoms with Gasteiger partial charge in [0.1, 0.15) is 9.84 Å². The van der Waals surface area contributed by atoms with Crippen molar-refractivity contribution >= 4 is 37.5 Å². The normalized spacial score (nSPS) is 13.6. The Hall–Kier alpha value is -0.0400. The number of benzene rings is 1. The molecular formula is C11H16BrNO2S2. The van der Waals surface area contributed by atoms with E-state index in [9.17, 15) is 8.42 Å². The van der Waals surface area contributed by atoms with Crippen LogP contribution in [0.4, 0.5) is 0 Å². The fourth-order valence-corrected chi connectivity index (χ4v) is 3.51. The van der Waals surface area contributed by atoms with Gasteiger partial charge in [-0.05, 0) is 34.5 Å². The van der Waals surface area contributed by atoms with E-state index < -0.39 is 9.84 Å². The minimum atomic E-state index is -2.91. The summed E-state index contributed by atoms with van der Waals surface area (Å²) in [4.78, 5) is 1.13. The lowest BCUT2D eigenvalue weighted by atomic mass is 10.3. The van der Waals surface area contributed by atoms with Crippen LogP contribution in [0, 0.1) is 0 Å². The largest absolute Gasteiger partial charge is 0.327 e. The lowest BCUT2D eigenvalue weighted by Crippen LogP contribution is -2.25. The number of rotatable bonds is 6. The van der Waals surface area contributed by atoms with Gasteiger partial charge in [-0.15, -0.1) is 11.8 Å². The van der Waals surface area contributed by atoms with E-state index in [1.54, 1.807) is 11.8 Å². The SMILES string of the molecule is CS(=O)(=O)CCC(N)CSc1ccccc1Br. The summed E-state index contributed by atoms with van der Waals surface area (Å²) in [5.74, 6) is 0.878. The van der Waals surface area contributed by atoms with E-state index in [2.05, 4.69) is 15.9 Å². The summed E-state index contributed by atoms with van der Waals surface area (Å²) >= 11 is 5.10. The van der Waals surface area contributed by atoms with Crippen LogP contribution in [0.25, 0.3) is 0 Å². The first kappa shape index (κ1) is 15.0. The van der Waals surface area contributed by atoms with Crippen LogP contribution >= 0.6 is 27.7 Å². The monoisotopic (exact) mass is 337 g/mol. The zero-order chi connectivity index (χ0) is 12.9. The molecule has 1 atom stereocenters. The quantitative estimate of drug-likeness (QED) is 0.809. The Kier molecular flexibility index (Phi) is 5.99. The molecule has 0 saturated carbocycles. The fourth-order valence-electron chi connectivity index (χ4n) is 1.21. The molecule has 0 aromatic heterocycles. The Morgan fingerprint density at radius 3 is 2.65 bits per heavy atom. The van der Waals surface area contributed by atoms with E-state index in [4.69, 9.17) is 5.73 Å². The Labute approximate surface area is 115 Å². The topological polar surface area (TPSA) is 60.2 Å². The van der Waals surface area contributed by atoms with E-state index in [-0.39, 0.29) is 11.8 Å². The van der Waals surface area contributed by atoms with Crippen LogP contribution in [0.5, 0.6) is 0 Å². The van der Waals surface area contributed by atoms with Gasteiger partial charge in [0.05, 0.1) is 5.75 Å². The lowest BCUT2D eigenvalue weighted by molar-refractivity contribution is 0.594. The molecule has 0 saturated heterocycles. The maximum absolute atomic E-state index is 11.0. The van der Waals surface area contributed by atoms with Crippen LogP contribution in [0.2, 0.25) is 0 Å². The molecule has 0 aliphatic heterocycles. The molecule has 0 radical (unpaired) electrons. The molecule has 6 heteroatoms. The first-order valence-electron chi connectivity index (χ1n) is 5.19. The minimum absolute atomic E-state index is 0.0955. The van der Waals surface area contributed by atoms with Crippen LogP contribution in [0.3, 0.4) is 0 Å². The van der Waals surface area contributed by atoms with Crippen LogP contribution in [-0.4, -0.2) is 32.2 Å². The number of thioether (sulfide) groups is 1. The van der Waals surface area contributed by atoms with Crippen molar-refractivity contribution in [2.75, 3.05) is 17.8 Å². The molecule has 0 fully saturated rings. The summed E-state index contributed by atoms with van der Waals surface area (Å²) < 4.78 is 23.0. The lowest BCUT2D eigenvalue weighted by Gasteiger charge is -2.11. The van der Waals surface area contributed by atoms with E-state index >= 15 is 0 Å². The molecule has 0 bridgehead atoms. The highest BCUT2D eigenvalue weighted by Gasteiger charge is 2.09. The highest BCUT2D eigenvalue weighted by Crippen LogP contribution is 2.27. The fraction of sp³-hybridized carbons (Fsp3) is 0.455. The smallest absolute Gasteiger partial charge is 0.147 e. The maximum Gasteiger partial charge on any atom is 0.147 e. The molecule has 0 heterocycles. The second-order valence-electron chi connectivity index (χ2n) is 3.92. The molecule has 0 aliphatic carbocycles. The molecule has 1 aromatic carbocycles. The Balaban J connectivity index is 2.39. The molecule has 1 aromatic rings. The second kappa shape index (κ2) is 6.78. The number of sulfone groups is 1. The molecule has 3 nitrogen and oxygen atoms in total. The third-order valence-electron chi connectivity index (χ3n) is 2.15. The zero-order valence-electron chi connectivity index (χ0n) is 9.60. The Morgan fingerprint density at radius 1 is 1.41 bits per heavy atom. The average Bonchev–Trinajstić information content (AvgIpc) is 2.24. The highest BCUT2D eigenvalue weighted by atomic mass is 79.9. The van der Waals surface area contributed by atoms with E-state index in [1.165, 1.54) is 6.26 Å². The average molecular weight is 338 g/mol. The van der Waals surface area contributed by atoms with Crippen molar-refractivity contribution in [3.63, 3.8) is 0 Å². The van der Waals surface area contributed by atoms with Crippen molar-refractivity contribution in [1.82, 2.24) is 0 Å². The van der Waals surface area contributed by atoms with Crippen LogP contribution in [0.1, 0.15) is 6.42 Å². The third-order valence-corrected chi connectivity index (χ3v) is 5.34. The summed E-state index contributed by atoms with van der Waals surface area (Å²) in [6, 6.07) is 7.82. The highest BCUT2D eigenvalue weighted by molar-refractivity contribution is 9.10. The Bertz CT molecular complexity index is 462. The summed E-state index contributed by atoms with van der Waals surface area (Å²) in [5, 5.41) is 0. The summed E-state index contributed by atoms with van der Waals surface area (Å²) in [7, 11) is -2.91. The van der Waals surface area contributed by atoms with Crippen LogP contribution in [-0.2, 0) is 9.84 Å². The number of hydrogen-bond acceptors (Lipinski definition) is 4. The van der Waals surface area contributed by atoms with Gasteiger partial charge < -0.3 is 5.73 Å². The van der Waals surface area contributed by atoms with E-state index in [1.807, 2.05) is 24.3 Å². The first-order valence-corrected chi connectivity index (χ1v) is 9.03. The van der Waals surface area contributed by atoms with Crippen molar-refractivity contribution in [3.05, 3.63) is 28.7 Å². The van der Waals surface area contributed by atoms with Gasteiger partial charge in [0.2, 0.25) is 0 Å². The summed E-state index contributed by atoms with van der Waals surface area (Å²) in [5.41, 5.74) is 5.88. The molecule has 0 spiro atoms. The van der Waals surface area contributed by atoms with Crippen molar-refractivity contribution in [3.8, 4) is 0 Å². The third kappa shape index (κ3) is 6.45. The second-order valence-corrected chi connectivity index (χ2v) is 8.10. The molecule has 2 N–H and O–H groups in total. The molecule has 1 rings (SSSR count). The maximum atomic E-state index is 11.0. The van der Waals surface area contributed by atoms with Crippen molar-refractivity contribution < 1.29 is 8.42 Å². The van der Waals surface area contributed by atoms with Crippen molar-refractivity contribution in [2.45, 2.75) is 17.4 Å². The molecule has 1 unspecified atom stereocenters. The van der Waals surface area contributed by atoms with Crippen molar-refractivity contribution in [1.29, 1.82) is 0 Å². The predicted octanol–water partition coefficient (Wildman–Crippen LogP) is 2.30. The molecular weight excluding hydrogens is 322 g/mol. The molecule has 0 amide bonds. The van der Waals surface area contributed by atoms with Gasteiger partial charge in [-0.1, -0.05) is 12.1 Å². The van der Waals surface area contributed by atoms with Gasteiger partial charge in [-0.3, -0.25) is 0 Å². The first-order chi connectivity index (χ1) is 7.88. The van der Waals surface area contributed by atoms with Gasteiger partial charge in [-0.25, -0.2) is 8.42 Å². The molecule has 0 aliphatic rings. The number of nitrogens with two attached hydrogens (primary N) is 1. The van der Waals surface area contributed by atoms with Gasteiger partial charge in [0, 0.05) is 27.4 Å². The van der Waals surface area contributed by atoms with Gasteiger partial charge in [-0.2, -0.15) is 0 Å². The summed E-state index contributed by atoms with van der Waals surface area (Å²) in [6.07, 6.45) is 1.75. The number of halogens is 1. The zero-order valence-corrected chi connectivity index (χ0v) is 12.8. The van der Waals surface area contributed by atoms with Gasteiger partial charge >= 0.3 is 0 Å². The van der Waals surface area contributed by atoms with E-state index in [0.29, 0.717) is 6.42 Å². The molecule has 96 valence electrons. The number of hydrogen-bond donors (Lipinski definition) is 1. The summed E-state index contributed by atoms with van der Waals surface area (Å²) in [6.45, 7) is 0. The van der Waals surface area contributed by atoms with Crippen LogP contribution < -0.4 is 5.73 Å². The minimum Gasteiger partial charge on any atom is -0.327 e.